The smallest absolute Gasteiger partial charge is 0.267 e. The minimum Gasteiger partial charge on any atom is -0.464 e. The second kappa shape index (κ2) is 6.68. The van der Waals surface area contributed by atoms with Crippen molar-refractivity contribution in [1.29, 1.82) is 5.41 Å². The summed E-state index contributed by atoms with van der Waals surface area (Å²) in [5, 5.41) is 11.7. The summed E-state index contributed by atoms with van der Waals surface area (Å²) in [7, 11) is 0. The molecule has 0 aliphatic carbocycles. The maximum Gasteiger partial charge on any atom is 0.267 e. The number of aromatic nitrogens is 1. The Morgan fingerprint density at radius 1 is 1.32 bits per heavy atom. The zero-order valence-electron chi connectivity index (χ0n) is 12.9. The van der Waals surface area contributed by atoms with E-state index in [1.54, 1.807) is 24.3 Å². The average Bonchev–Trinajstić information content (AvgIpc) is 3.03. The van der Waals surface area contributed by atoms with E-state index in [2.05, 4.69) is 10.3 Å². The van der Waals surface area contributed by atoms with Gasteiger partial charge in [0.25, 0.3) is 12.3 Å². The van der Waals surface area contributed by atoms with Crippen molar-refractivity contribution >= 4 is 28.3 Å². The molecule has 0 spiro atoms. The molecule has 2 aromatic heterocycles. The van der Waals surface area contributed by atoms with E-state index in [1.165, 1.54) is 18.5 Å². The first-order valence-corrected chi connectivity index (χ1v) is 7.34. The lowest BCUT2D eigenvalue weighted by atomic mass is 10.0. The maximum atomic E-state index is 12.6. The quantitative estimate of drug-likeness (QED) is 0.598. The maximum absolute atomic E-state index is 12.6. The number of para-hydroxylation sites is 1. The largest absolute Gasteiger partial charge is 0.464 e. The number of pyridine rings is 1. The van der Waals surface area contributed by atoms with Gasteiger partial charge in [-0.05, 0) is 12.1 Å². The first-order chi connectivity index (χ1) is 12.0. The highest BCUT2D eigenvalue weighted by Crippen LogP contribution is 2.26. The highest BCUT2D eigenvalue weighted by Gasteiger charge is 2.18. The van der Waals surface area contributed by atoms with Crippen LogP contribution < -0.4 is 11.1 Å². The van der Waals surface area contributed by atoms with E-state index in [0.717, 1.165) is 0 Å². The highest BCUT2D eigenvalue weighted by molar-refractivity contribution is 6.19. The van der Waals surface area contributed by atoms with E-state index >= 15 is 0 Å². The molecule has 6 nitrogen and oxygen atoms in total. The van der Waals surface area contributed by atoms with Crippen LogP contribution in [0.3, 0.4) is 0 Å². The molecule has 4 N–H and O–H groups in total. The molecule has 0 saturated heterocycles. The predicted molar refractivity (Wildman–Crippen MR) is 89.4 cm³/mol. The number of fused-ring (bicyclic) bond motifs is 1. The Kier molecular flexibility index (Phi) is 4.42. The molecule has 0 aliphatic rings. The van der Waals surface area contributed by atoms with Crippen LogP contribution in [0.4, 0.5) is 14.5 Å². The van der Waals surface area contributed by atoms with Crippen LogP contribution in [0.5, 0.6) is 0 Å². The van der Waals surface area contributed by atoms with Gasteiger partial charge in [0.1, 0.15) is 17.5 Å². The van der Waals surface area contributed by atoms with Gasteiger partial charge in [0.2, 0.25) is 0 Å². The number of furan rings is 1. The molecule has 25 heavy (non-hydrogen) atoms. The number of alkyl halides is 2. The van der Waals surface area contributed by atoms with Crippen LogP contribution in [0.15, 0.2) is 47.2 Å². The molecular weight excluding hydrogens is 330 g/mol. The number of carbonyl (C=O) groups excluding carboxylic acids is 1. The number of anilines is 1. The first-order valence-electron chi connectivity index (χ1n) is 7.34. The summed E-state index contributed by atoms with van der Waals surface area (Å²) >= 11 is 0. The van der Waals surface area contributed by atoms with E-state index in [1.807, 2.05) is 0 Å². The Morgan fingerprint density at radius 3 is 2.80 bits per heavy atom. The number of rotatable bonds is 6. The zero-order chi connectivity index (χ0) is 18.0. The van der Waals surface area contributed by atoms with E-state index in [-0.39, 0.29) is 22.7 Å². The summed E-state index contributed by atoms with van der Waals surface area (Å²) in [5.74, 6) is -0.785. The minimum absolute atomic E-state index is 0.0326. The average molecular weight is 344 g/mol. The summed E-state index contributed by atoms with van der Waals surface area (Å²) in [6.07, 6.45) is 0.0890. The summed E-state index contributed by atoms with van der Waals surface area (Å²) in [6.45, 7) is -0.630. The summed E-state index contributed by atoms with van der Waals surface area (Å²) in [5.41, 5.74) is 6.68. The molecule has 1 amide bonds. The van der Waals surface area contributed by atoms with Crippen LogP contribution in [0.2, 0.25) is 0 Å². The molecule has 0 unspecified atom stereocenters. The monoisotopic (exact) mass is 344 g/mol. The van der Waals surface area contributed by atoms with E-state index in [4.69, 9.17) is 15.6 Å². The summed E-state index contributed by atoms with van der Waals surface area (Å²) in [4.78, 5) is 15.2. The molecule has 0 aliphatic heterocycles. The Balaban J connectivity index is 2.05. The van der Waals surface area contributed by atoms with Crippen LogP contribution in [-0.4, -0.2) is 29.6 Å². The second-order valence-electron chi connectivity index (χ2n) is 5.27. The molecule has 128 valence electrons. The van der Waals surface area contributed by atoms with Gasteiger partial charge in [-0.2, -0.15) is 0 Å². The first kappa shape index (κ1) is 16.6. The number of carbonyl (C=O) groups is 1. The van der Waals surface area contributed by atoms with E-state index < -0.39 is 18.9 Å². The van der Waals surface area contributed by atoms with Crippen molar-refractivity contribution in [3.63, 3.8) is 0 Å². The third-order valence-electron chi connectivity index (χ3n) is 3.62. The molecule has 8 heteroatoms. The third-order valence-corrected chi connectivity index (χ3v) is 3.62. The van der Waals surface area contributed by atoms with Crippen LogP contribution in [0, 0.1) is 5.41 Å². The molecule has 1 aromatic carbocycles. The highest BCUT2D eigenvalue weighted by atomic mass is 19.3. The number of hydrogen-bond donors (Lipinski definition) is 3. The Bertz CT molecular complexity index is 953. The molecule has 0 fully saturated rings. The minimum atomic E-state index is -2.60. The fourth-order valence-corrected chi connectivity index (χ4v) is 2.44. The lowest BCUT2D eigenvalue weighted by Gasteiger charge is -2.13. The normalized spacial score (nSPS) is 11.0. The molecule has 3 rings (SSSR count). The number of hydrogen-bond acceptors (Lipinski definition) is 5. The van der Waals surface area contributed by atoms with Gasteiger partial charge in [0.15, 0.2) is 0 Å². The molecule has 3 aromatic rings. The topological polar surface area (TPSA) is 105 Å². The van der Waals surface area contributed by atoms with Crippen molar-refractivity contribution in [3.8, 4) is 0 Å². The van der Waals surface area contributed by atoms with Gasteiger partial charge in [-0.15, -0.1) is 0 Å². The van der Waals surface area contributed by atoms with Crippen molar-refractivity contribution < 1.29 is 18.0 Å². The van der Waals surface area contributed by atoms with Gasteiger partial charge in [0.05, 0.1) is 12.3 Å². The third kappa shape index (κ3) is 3.32. The SMILES string of the molecule is N=C(c1cnc(C(N)=O)cc1NCC(F)F)c1coc2ccccc12. The van der Waals surface area contributed by atoms with Crippen LogP contribution in [0.1, 0.15) is 21.6 Å². The number of benzene rings is 1. The van der Waals surface area contributed by atoms with Crippen LogP contribution in [-0.2, 0) is 0 Å². The van der Waals surface area contributed by atoms with Crippen LogP contribution >= 0.6 is 0 Å². The number of nitrogens with one attached hydrogen (secondary N) is 2. The molecule has 0 atom stereocenters. The molecule has 0 bridgehead atoms. The van der Waals surface area contributed by atoms with Crippen molar-refractivity contribution in [1.82, 2.24) is 4.98 Å². The Hall–Kier alpha value is -3.29. The number of nitrogens with two attached hydrogens (primary N) is 1. The van der Waals surface area contributed by atoms with Crippen molar-refractivity contribution in [2.24, 2.45) is 5.73 Å². The van der Waals surface area contributed by atoms with Gasteiger partial charge in [-0.1, -0.05) is 18.2 Å². The van der Waals surface area contributed by atoms with E-state index in [9.17, 15) is 13.6 Å². The van der Waals surface area contributed by atoms with Crippen molar-refractivity contribution in [2.45, 2.75) is 6.43 Å². The second-order valence-corrected chi connectivity index (χ2v) is 5.27. The molecule has 2 heterocycles. The standard InChI is InChI=1S/C17H14F2N4O2/c18-15(19)7-23-12-5-13(17(21)24)22-6-10(12)16(20)11-8-25-14-4-2-1-3-9(11)14/h1-6,8,15,20H,7H2,(H2,21,24)(H,22,23). The predicted octanol–water partition coefficient (Wildman–Crippen LogP) is 3.02. The fourth-order valence-electron chi connectivity index (χ4n) is 2.44. The van der Waals surface area contributed by atoms with Gasteiger partial charge in [0, 0.05) is 28.4 Å². The lowest BCUT2D eigenvalue weighted by molar-refractivity contribution is 0.0995. The molecule has 0 radical (unpaired) electrons. The Labute approximate surface area is 141 Å². The zero-order valence-corrected chi connectivity index (χ0v) is 12.9. The molecular formula is C17H14F2N4O2. The van der Waals surface area contributed by atoms with Gasteiger partial charge in [-0.3, -0.25) is 15.2 Å². The fraction of sp³-hybridized carbons (Fsp3) is 0.118. The van der Waals surface area contributed by atoms with Crippen LogP contribution in [0.25, 0.3) is 11.0 Å². The number of primary amides is 1. The number of nitrogens with zero attached hydrogens (tertiary/aromatic N) is 1. The summed E-state index contributed by atoms with van der Waals surface area (Å²) < 4.78 is 30.5. The number of halogens is 2. The van der Waals surface area contributed by atoms with Crippen molar-refractivity contribution in [3.05, 3.63) is 59.6 Å². The van der Waals surface area contributed by atoms with Gasteiger partial charge in [-0.25, -0.2) is 8.78 Å². The molecule has 0 saturated carbocycles. The van der Waals surface area contributed by atoms with Gasteiger partial charge >= 0.3 is 0 Å². The summed E-state index contributed by atoms with van der Waals surface area (Å²) in [6, 6.07) is 8.42. The van der Waals surface area contributed by atoms with Crippen molar-refractivity contribution in [2.75, 3.05) is 11.9 Å². The Morgan fingerprint density at radius 2 is 2.08 bits per heavy atom. The van der Waals surface area contributed by atoms with Gasteiger partial charge < -0.3 is 15.5 Å². The van der Waals surface area contributed by atoms with E-state index in [0.29, 0.717) is 16.5 Å². The number of amides is 1. The lowest BCUT2D eigenvalue weighted by Crippen LogP contribution is -2.18.